The molecule has 1 amide bonds. The van der Waals surface area contributed by atoms with Gasteiger partial charge in [-0.25, -0.2) is 12.8 Å². The third-order valence-electron chi connectivity index (χ3n) is 4.56. The maximum Gasteiger partial charge on any atom is 0.261 e. The number of halogens is 1. The van der Waals surface area contributed by atoms with E-state index in [1.807, 2.05) is 0 Å². The van der Waals surface area contributed by atoms with E-state index in [0.29, 0.717) is 24.6 Å². The molecule has 2 aromatic rings. The van der Waals surface area contributed by atoms with Crippen LogP contribution in [0.2, 0.25) is 0 Å². The maximum atomic E-state index is 13.0. The zero-order chi connectivity index (χ0) is 18.7. The number of rotatable bonds is 4. The van der Waals surface area contributed by atoms with E-state index in [1.165, 1.54) is 36.4 Å². The van der Waals surface area contributed by atoms with Crippen LogP contribution in [-0.4, -0.2) is 32.3 Å². The molecule has 3 rings (SSSR count). The molecule has 0 saturated carbocycles. The van der Waals surface area contributed by atoms with Gasteiger partial charge in [0.1, 0.15) is 5.82 Å². The molecule has 2 aromatic carbocycles. The molecule has 0 bridgehead atoms. The first-order chi connectivity index (χ1) is 12.3. The zero-order valence-corrected chi connectivity index (χ0v) is 15.3. The number of hydrogen-bond donors (Lipinski definition) is 1. The first-order valence-corrected chi connectivity index (χ1v) is 10.0. The predicted octanol–water partition coefficient (Wildman–Crippen LogP) is 3.50. The quantitative estimate of drug-likeness (QED) is 0.888. The third kappa shape index (κ3) is 4.22. The Labute approximate surface area is 152 Å². The number of nitrogens with zero attached hydrogens (tertiary/aromatic N) is 1. The molecule has 1 fully saturated rings. The molecular weight excluding hydrogens is 355 g/mol. The highest BCUT2D eigenvalue weighted by Crippen LogP contribution is 2.21. The summed E-state index contributed by atoms with van der Waals surface area (Å²) in [7, 11) is -3.86. The lowest BCUT2D eigenvalue weighted by Crippen LogP contribution is -2.37. The summed E-state index contributed by atoms with van der Waals surface area (Å²) < 4.78 is 40.5. The van der Waals surface area contributed by atoms with Crippen molar-refractivity contribution in [3.63, 3.8) is 0 Å². The summed E-state index contributed by atoms with van der Waals surface area (Å²) in [5.74, 6) is -0.00204. The molecule has 0 aromatic heterocycles. The standard InChI is InChI=1S/C19H21FN2O3S/c1-14-9-11-22(12-10-14)19(23)15-3-2-4-18(13-15)26(24,25)21-17-7-5-16(20)6-8-17/h2-8,13-14,21H,9-12H2,1H3. The van der Waals surface area contributed by atoms with Gasteiger partial charge in [0.2, 0.25) is 0 Å². The highest BCUT2D eigenvalue weighted by Gasteiger charge is 2.23. The Bertz CT molecular complexity index is 889. The summed E-state index contributed by atoms with van der Waals surface area (Å²) in [5.41, 5.74) is 0.606. The van der Waals surface area contributed by atoms with E-state index in [4.69, 9.17) is 0 Å². The number of nitrogens with one attached hydrogen (secondary N) is 1. The number of hydrogen-bond acceptors (Lipinski definition) is 3. The molecule has 0 atom stereocenters. The topological polar surface area (TPSA) is 66.5 Å². The fourth-order valence-electron chi connectivity index (χ4n) is 2.92. The number of likely N-dealkylation sites (tertiary alicyclic amines) is 1. The van der Waals surface area contributed by atoms with Crippen LogP contribution in [0, 0.1) is 11.7 Å². The monoisotopic (exact) mass is 376 g/mol. The van der Waals surface area contributed by atoms with Crippen LogP contribution >= 0.6 is 0 Å². The van der Waals surface area contributed by atoms with Gasteiger partial charge in [-0.05, 0) is 61.2 Å². The van der Waals surface area contributed by atoms with Crippen LogP contribution in [0.1, 0.15) is 30.1 Å². The van der Waals surface area contributed by atoms with Crippen LogP contribution in [-0.2, 0) is 10.0 Å². The molecule has 0 spiro atoms. The molecule has 1 N–H and O–H groups in total. The maximum absolute atomic E-state index is 13.0. The molecule has 1 heterocycles. The summed E-state index contributed by atoms with van der Waals surface area (Å²) in [5, 5.41) is 0. The number of benzene rings is 2. The number of carbonyl (C=O) groups excluding carboxylic acids is 1. The molecule has 1 aliphatic heterocycles. The molecule has 26 heavy (non-hydrogen) atoms. The lowest BCUT2D eigenvalue weighted by Gasteiger charge is -2.30. The van der Waals surface area contributed by atoms with E-state index in [0.717, 1.165) is 12.8 Å². The van der Waals surface area contributed by atoms with E-state index >= 15 is 0 Å². The second-order valence-corrected chi connectivity index (χ2v) is 8.30. The van der Waals surface area contributed by atoms with Crippen molar-refractivity contribution in [3.8, 4) is 0 Å². The lowest BCUT2D eigenvalue weighted by atomic mass is 9.98. The summed E-state index contributed by atoms with van der Waals surface area (Å²) in [4.78, 5) is 14.4. The van der Waals surface area contributed by atoms with E-state index in [1.54, 1.807) is 17.0 Å². The van der Waals surface area contributed by atoms with Crippen LogP contribution in [0.5, 0.6) is 0 Å². The fraction of sp³-hybridized carbons (Fsp3) is 0.316. The van der Waals surface area contributed by atoms with Crippen LogP contribution < -0.4 is 4.72 Å². The number of sulfonamides is 1. The second-order valence-electron chi connectivity index (χ2n) is 6.61. The Hall–Kier alpha value is -2.41. The lowest BCUT2D eigenvalue weighted by molar-refractivity contribution is 0.0697. The normalized spacial score (nSPS) is 15.7. The SMILES string of the molecule is CC1CCN(C(=O)c2cccc(S(=O)(=O)Nc3ccc(F)cc3)c2)CC1. The second kappa shape index (κ2) is 7.45. The number of amides is 1. The van der Waals surface area contributed by atoms with Gasteiger partial charge >= 0.3 is 0 Å². The molecule has 7 heteroatoms. The van der Waals surface area contributed by atoms with E-state index in [-0.39, 0.29) is 16.5 Å². The molecule has 0 unspecified atom stereocenters. The third-order valence-corrected chi connectivity index (χ3v) is 5.94. The van der Waals surface area contributed by atoms with Gasteiger partial charge in [0, 0.05) is 24.3 Å². The van der Waals surface area contributed by atoms with Gasteiger partial charge in [0.05, 0.1) is 4.90 Å². The Morgan fingerprint density at radius 2 is 1.77 bits per heavy atom. The molecular formula is C19H21FN2O3S. The predicted molar refractivity (Wildman–Crippen MR) is 98.0 cm³/mol. The Kier molecular flexibility index (Phi) is 5.27. The molecule has 5 nitrogen and oxygen atoms in total. The van der Waals surface area contributed by atoms with Gasteiger partial charge in [-0.3, -0.25) is 9.52 Å². The average Bonchev–Trinajstić information content (AvgIpc) is 2.64. The first kappa shape index (κ1) is 18.4. The van der Waals surface area contributed by atoms with E-state index in [9.17, 15) is 17.6 Å². The van der Waals surface area contributed by atoms with Gasteiger partial charge in [0.15, 0.2) is 0 Å². The van der Waals surface area contributed by atoms with Gasteiger partial charge in [-0.15, -0.1) is 0 Å². The molecule has 138 valence electrons. The van der Waals surface area contributed by atoms with Gasteiger partial charge in [-0.2, -0.15) is 0 Å². The number of anilines is 1. The minimum Gasteiger partial charge on any atom is -0.339 e. The Morgan fingerprint density at radius 3 is 2.42 bits per heavy atom. The van der Waals surface area contributed by atoms with Crippen molar-refractivity contribution in [2.75, 3.05) is 17.8 Å². The minimum absolute atomic E-state index is 0.00180. The Morgan fingerprint density at radius 1 is 1.12 bits per heavy atom. The molecule has 1 aliphatic rings. The summed E-state index contributed by atoms with van der Waals surface area (Å²) in [6.45, 7) is 3.53. The smallest absolute Gasteiger partial charge is 0.261 e. The van der Waals surface area contributed by atoms with Crippen LogP contribution in [0.15, 0.2) is 53.4 Å². The van der Waals surface area contributed by atoms with Crippen LogP contribution in [0.3, 0.4) is 0 Å². The highest BCUT2D eigenvalue weighted by atomic mass is 32.2. The summed E-state index contributed by atoms with van der Waals surface area (Å²) in [6.07, 6.45) is 1.91. The zero-order valence-electron chi connectivity index (χ0n) is 14.5. The van der Waals surface area contributed by atoms with Gasteiger partial charge in [0.25, 0.3) is 15.9 Å². The van der Waals surface area contributed by atoms with E-state index < -0.39 is 15.8 Å². The summed E-state index contributed by atoms with van der Waals surface area (Å²) in [6, 6.07) is 11.0. The van der Waals surface area contributed by atoms with Crippen molar-refractivity contribution >= 4 is 21.6 Å². The van der Waals surface area contributed by atoms with Crippen molar-refractivity contribution < 1.29 is 17.6 Å². The number of carbonyl (C=O) groups is 1. The van der Waals surface area contributed by atoms with Gasteiger partial charge < -0.3 is 4.90 Å². The van der Waals surface area contributed by atoms with E-state index in [2.05, 4.69) is 11.6 Å². The average molecular weight is 376 g/mol. The Balaban J connectivity index is 1.79. The van der Waals surface area contributed by atoms with Gasteiger partial charge in [-0.1, -0.05) is 13.0 Å². The van der Waals surface area contributed by atoms with Crippen molar-refractivity contribution in [3.05, 3.63) is 59.9 Å². The van der Waals surface area contributed by atoms with Crippen LogP contribution in [0.4, 0.5) is 10.1 Å². The van der Waals surface area contributed by atoms with Crippen LogP contribution in [0.25, 0.3) is 0 Å². The van der Waals surface area contributed by atoms with Crippen molar-refractivity contribution in [1.82, 2.24) is 4.90 Å². The summed E-state index contributed by atoms with van der Waals surface area (Å²) >= 11 is 0. The first-order valence-electron chi connectivity index (χ1n) is 8.53. The minimum atomic E-state index is -3.86. The van der Waals surface area contributed by atoms with Crippen molar-refractivity contribution in [2.24, 2.45) is 5.92 Å². The molecule has 0 radical (unpaired) electrons. The largest absolute Gasteiger partial charge is 0.339 e. The molecule has 0 aliphatic carbocycles. The fourth-order valence-corrected chi connectivity index (χ4v) is 4.03. The highest BCUT2D eigenvalue weighted by molar-refractivity contribution is 7.92. The molecule has 1 saturated heterocycles. The number of piperidine rings is 1. The van der Waals surface area contributed by atoms with Crippen molar-refractivity contribution in [1.29, 1.82) is 0 Å². The van der Waals surface area contributed by atoms with Crippen molar-refractivity contribution in [2.45, 2.75) is 24.7 Å².